The van der Waals surface area contributed by atoms with Gasteiger partial charge in [0.2, 0.25) is 5.91 Å². The quantitative estimate of drug-likeness (QED) is 0.657. The van der Waals surface area contributed by atoms with Crippen LogP contribution in [-0.4, -0.2) is 28.0 Å². The Balaban J connectivity index is 1.37. The molecular weight excluding hydrogens is 430 g/mol. The third-order valence-electron chi connectivity index (χ3n) is 7.59. The minimum Gasteiger partial charge on any atom is -0.497 e. The zero-order valence-electron chi connectivity index (χ0n) is 17.8. The molecule has 1 aromatic heterocycles. The standard InChI is InChI=1S/C24H29NO4S2/c1-29-19-4-6-20(7-5-19)31(27,28)22(21-3-2-8-30-21)15-25-23(26)24-12-16-9-17(13-24)11-18(10-16)14-24/h2-8,16-18,22H,9-15H2,1H3,(H,25,26)/t16?,17?,18?,22-,24?/m1/s1. The highest BCUT2D eigenvalue weighted by Crippen LogP contribution is 2.60. The molecule has 1 amide bonds. The largest absolute Gasteiger partial charge is 0.497 e. The molecule has 1 heterocycles. The summed E-state index contributed by atoms with van der Waals surface area (Å²) in [7, 11) is -2.11. The Labute approximate surface area is 188 Å². The van der Waals surface area contributed by atoms with Gasteiger partial charge in [-0.15, -0.1) is 11.3 Å². The van der Waals surface area contributed by atoms with Crippen molar-refractivity contribution in [1.82, 2.24) is 5.32 Å². The van der Waals surface area contributed by atoms with Gasteiger partial charge in [-0.2, -0.15) is 0 Å². The summed E-state index contributed by atoms with van der Waals surface area (Å²) >= 11 is 1.42. The van der Waals surface area contributed by atoms with Crippen LogP contribution in [0.15, 0.2) is 46.7 Å². The van der Waals surface area contributed by atoms with Gasteiger partial charge in [-0.1, -0.05) is 6.07 Å². The van der Waals surface area contributed by atoms with Gasteiger partial charge in [-0.3, -0.25) is 4.79 Å². The molecule has 166 valence electrons. The molecule has 0 spiro atoms. The fraction of sp³-hybridized carbons (Fsp3) is 0.542. The lowest BCUT2D eigenvalue weighted by atomic mass is 9.49. The highest BCUT2D eigenvalue weighted by atomic mass is 32.2. The van der Waals surface area contributed by atoms with E-state index in [0.717, 1.165) is 24.1 Å². The SMILES string of the molecule is COc1ccc(S(=O)(=O)[C@H](CNC(=O)C23CC4CC(CC(C4)C2)C3)c2cccs2)cc1. The van der Waals surface area contributed by atoms with Crippen molar-refractivity contribution in [2.24, 2.45) is 23.2 Å². The van der Waals surface area contributed by atoms with Crippen LogP contribution in [0.3, 0.4) is 0 Å². The Morgan fingerprint density at radius 3 is 2.23 bits per heavy atom. The number of carbonyl (C=O) groups excluding carboxylic acids is 1. The lowest BCUT2D eigenvalue weighted by Crippen LogP contribution is -2.54. The molecular formula is C24H29NO4S2. The molecule has 4 fully saturated rings. The van der Waals surface area contributed by atoms with Crippen molar-refractivity contribution in [3.05, 3.63) is 46.7 Å². The van der Waals surface area contributed by atoms with E-state index in [4.69, 9.17) is 4.74 Å². The molecule has 0 saturated heterocycles. The van der Waals surface area contributed by atoms with E-state index >= 15 is 0 Å². The van der Waals surface area contributed by atoms with Crippen molar-refractivity contribution >= 4 is 27.1 Å². The summed E-state index contributed by atoms with van der Waals surface area (Å²) in [6, 6.07) is 10.2. The van der Waals surface area contributed by atoms with E-state index in [9.17, 15) is 13.2 Å². The summed E-state index contributed by atoms with van der Waals surface area (Å²) < 4.78 is 32.2. The molecule has 0 aliphatic heterocycles. The number of rotatable bonds is 7. The van der Waals surface area contributed by atoms with Crippen molar-refractivity contribution in [2.75, 3.05) is 13.7 Å². The Morgan fingerprint density at radius 2 is 1.71 bits per heavy atom. The second kappa shape index (κ2) is 7.93. The summed E-state index contributed by atoms with van der Waals surface area (Å²) in [5, 5.41) is 4.18. The molecule has 31 heavy (non-hydrogen) atoms. The summed E-state index contributed by atoms with van der Waals surface area (Å²) in [6.07, 6.45) is 6.74. The van der Waals surface area contributed by atoms with Crippen LogP contribution in [0.4, 0.5) is 0 Å². The minimum absolute atomic E-state index is 0.0677. The van der Waals surface area contributed by atoms with Crippen LogP contribution in [0.5, 0.6) is 5.75 Å². The van der Waals surface area contributed by atoms with E-state index < -0.39 is 15.1 Å². The highest BCUT2D eigenvalue weighted by molar-refractivity contribution is 7.91. The predicted molar refractivity (Wildman–Crippen MR) is 121 cm³/mol. The zero-order valence-corrected chi connectivity index (χ0v) is 19.4. The van der Waals surface area contributed by atoms with E-state index in [2.05, 4.69) is 5.32 Å². The third-order valence-corrected chi connectivity index (χ3v) is 10.8. The van der Waals surface area contributed by atoms with Crippen LogP contribution in [0.2, 0.25) is 0 Å². The van der Waals surface area contributed by atoms with E-state index in [0.29, 0.717) is 23.5 Å². The summed E-state index contributed by atoms with van der Waals surface area (Å²) in [5.74, 6) is 2.70. The molecule has 4 saturated carbocycles. The van der Waals surface area contributed by atoms with Gasteiger partial charge >= 0.3 is 0 Å². The Bertz CT molecular complexity index is 1010. The van der Waals surface area contributed by atoms with Crippen molar-refractivity contribution in [3.8, 4) is 5.75 Å². The molecule has 1 atom stereocenters. The maximum absolute atomic E-state index is 13.5. The first-order valence-corrected chi connectivity index (χ1v) is 13.5. The smallest absolute Gasteiger partial charge is 0.226 e. The molecule has 1 aromatic carbocycles. The minimum atomic E-state index is -3.66. The molecule has 6 rings (SSSR count). The maximum Gasteiger partial charge on any atom is 0.226 e. The number of thiophene rings is 1. The van der Waals surface area contributed by atoms with E-state index in [-0.39, 0.29) is 22.8 Å². The summed E-state index contributed by atoms with van der Waals surface area (Å²) in [6.45, 7) is 0.107. The number of carbonyl (C=O) groups is 1. The summed E-state index contributed by atoms with van der Waals surface area (Å²) in [4.78, 5) is 14.4. The van der Waals surface area contributed by atoms with Crippen LogP contribution < -0.4 is 10.1 Å². The van der Waals surface area contributed by atoms with Crippen molar-refractivity contribution in [2.45, 2.75) is 48.7 Å². The first-order chi connectivity index (χ1) is 14.9. The molecule has 7 heteroatoms. The number of hydrogen-bond donors (Lipinski definition) is 1. The van der Waals surface area contributed by atoms with Crippen LogP contribution in [0, 0.1) is 23.2 Å². The van der Waals surface area contributed by atoms with Crippen LogP contribution in [0.1, 0.15) is 48.7 Å². The Kier molecular flexibility index (Phi) is 5.37. The van der Waals surface area contributed by atoms with E-state index in [1.54, 1.807) is 31.4 Å². The zero-order chi connectivity index (χ0) is 21.6. The predicted octanol–water partition coefficient (Wildman–Crippen LogP) is 4.60. The first kappa shape index (κ1) is 21.0. The number of amides is 1. The molecule has 2 aromatic rings. The lowest BCUT2D eigenvalue weighted by Gasteiger charge is -2.55. The van der Waals surface area contributed by atoms with Gasteiger partial charge in [0.25, 0.3) is 0 Å². The van der Waals surface area contributed by atoms with Crippen LogP contribution >= 0.6 is 11.3 Å². The van der Waals surface area contributed by atoms with Gasteiger partial charge in [0, 0.05) is 16.8 Å². The number of methoxy groups -OCH3 is 1. The number of sulfone groups is 1. The van der Waals surface area contributed by atoms with E-state index in [1.807, 2.05) is 17.5 Å². The van der Waals surface area contributed by atoms with Gasteiger partial charge in [0.15, 0.2) is 9.84 Å². The fourth-order valence-electron chi connectivity index (χ4n) is 6.53. The number of nitrogens with one attached hydrogen (secondary N) is 1. The average molecular weight is 460 g/mol. The van der Waals surface area contributed by atoms with Gasteiger partial charge in [-0.25, -0.2) is 8.42 Å². The highest BCUT2D eigenvalue weighted by Gasteiger charge is 2.54. The van der Waals surface area contributed by atoms with Gasteiger partial charge < -0.3 is 10.1 Å². The third kappa shape index (κ3) is 3.80. The average Bonchev–Trinajstić information content (AvgIpc) is 3.27. The van der Waals surface area contributed by atoms with Crippen LogP contribution in [-0.2, 0) is 14.6 Å². The second-order valence-corrected chi connectivity index (χ2v) is 12.7. The Hall–Kier alpha value is -1.86. The van der Waals surface area contributed by atoms with Crippen LogP contribution in [0.25, 0.3) is 0 Å². The van der Waals surface area contributed by atoms with Crippen molar-refractivity contribution in [1.29, 1.82) is 0 Å². The molecule has 0 unspecified atom stereocenters. The molecule has 5 nitrogen and oxygen atoms in total. The molecule has 4 aliphatic carbocycles. The molecule has 0 radical (unpaired) electrons. The number of hydrogen-bond acceptors (Lipinski definition) is 5. The molecule has 4 bridgehead atoms. The number of ether oxygens (including phenoxy) is 1. The monoisotopic (exact) mass is 459 g/mol. The topological polar surface area (TPSA) is 72.5 Å². The Morgan fingerprint density at radius 1 is 1.10 bits per heavy atom. The summed E-state index contributed by atoms with van der Waals surface area (Å²) in [5.41, 5.74) is -0.279. The fourth-order valence-corrected chi connectivity index (χ4v) is 9.31. The van der Waals surface area contributed by atoms with Gasteiger partial charge in [0.1, 0.15) is 11.0 Å². The van der Waals surface area contributed by atoms with E-state index in [1.165, 1.54) is 30.6 Å². The molecule has 4 aliphatic rings. The number of benzene rings is 1. The first-order valence-electron chi connectivity index (χ1n) is 11.1. The normalized spacial score (nSPS) is 30.2. The van der Waals surface area contributed by atoms with Crippen molar-refractivity contribution < 1.29 is 17.9 Å². The van der Waals surface area contributed by atoms with Crippen molar-refractivity contribution in [3.63, 3.8) is 0 Å². The lowest BCUT2D eigenvalue weighted by molar-refractivity contribution is -0.146. The molecule has 1 N–H and O–H groups in total. The van der Waals surface area contributed by atoms with Gasteiger partial charge in [-0.05, 0) is 92.0 Å². The maximum atomic E-state index is 13.5. The van der Waals surface area contributed by atoms with Gasteiger partial charge in [0.05, 0.1) is 12.0 Å². The second-order valence-electron chi connectivity index (χ2n) is 9.63.